The van der Waals surface area contributed by atoms with Crippen molar-refractivity contribution in [3.8, 4) is 5.69 Å². The van der Waals surface area contributed by atoms with E-state index in [-0.39, 0.29) is 5.91 Å². The van der Waals surface area contributed by atoms with E-state index < -0.39 is 0 Å². The third-order valence-corrected chi connectivity index (χ3v) is 5.80. The third-order valence-electron chi connectivity index (χ3n) is 4.80. The maximum absolute atomic E-state index is 12.0. The van der Waals surface area contributed by atoms with Gasteiger partial charge in [-0.05, 0) is 51.0 Å². The largest absolute Gasteiger partial charge is 0.318 e. The number of nitrogens with zero attached hydrogens (tertiary/aromatic N) is 2. The second-order valence-corrected chi connectivity index (χ2v) is 8.21. The van der Waals surface area contributed by atoms with Crippen LogP contribution in [0.15, 0.2) is 59.7 Å². The number of hydrogen-bond donors (Lipinski definition) is 1. The molecule has 0 bridgehead atoms. The molecule has 1 amide bonds. The number of carbonyl (C=O) groups is 1. The van der Waals surface area contributed by atoms with E-state index in [9.17, 15) is 4.79 Å². The lowest BCUT2D eigenvalue weighted by Gasteiger charge is -2.13. The van der Waals surface area contributed by atoms with Crippen LogP contribution < -0.4 is 5.43 Å². The highest BCUT2D eigenvalue weighted by Crippen LogP contribution is 2.23. The Kier molecular flexibility index (Phi) is 6.94. The number of rotatable bonds is 7. The van der Waals surface area contributed by atoms with Gasteiger partial charge in [0, 0.05) is 28.4 Å². The van der Waals surface area contributed by atoms with Crippen LogP contribution in [0.25, 0.3) is 5.69 Å². The maximum Gasteiger partial charge on any atom is 0.250 e. The Morgan fingerprint density at radius 1 is 1.07 bits per heavy atom. The van der Waals surface area contributed by atoms with Crippen molar-refractivity contribution in [2.45, 2.75) is 33.4 Å². The molecule has 29 heavy (non-hydrogen) atoms. The second-order valence-electron chi connectivity index (χ2n) is 7.22. The highest BCUT2D eigenvalue weighted by Gasteiger charge is 2.11. The lowest BCUT2D eigenvalue weighted by Crippen LogP contribution is -2.19. The number of benzene rings is 2. The van der Waals surface area contributed by atoms with E-state index in [0.717, 1.165) is 22.7 Å². The van der Waals surface area contributed by atoms with Crippen LogP contribution in [0.3, 0.4) is 0 Å². The van der Waals surface area contributed by atoms with E-state index in [4.69, 9.17) is 0 Å². The molecule has 0 aliphatic rings. The number of amides is 1. The van der Waals surface area contributed by atoms with Crippen molar-refractivity contribution in [1.82, 2.24) is 9.99 Å². The zero-order chi connectivity index (χ0) is 20.8. The first kappa shape index (κ1) is 20.9. The average molecular weight is 406 g/mol. The molecule has 0 spiro atoms. The fourth-order valence-electron chi connectivity index (χ4n) is 3.39. The van der Waals surface area contributed by atoms with Crippen molar-refractivity contribution < 1.29 is 4.79 Å². The first-order chi connectivity index (χ1) is 14.0. The molecule has 3 aromatic rings. The van der Waals surface area contributed by atoms with Crippen molar-refractivity contribution in [3.63, 3.8) is 0 Å². The second kappa shape index (κ2) is 9.61. The SMILES string of the molecule is Cc1ccc(-n2c(C)cc(/C=N\NC(=O)CSCc3ccccc3)c2C)c(C)c1. The lowest BCUT2D eigenvalue weighted by molar-refractivity contribution is -0.118. The Labute approximate surface area is 177 Å². The van der Waals surface area contributed by atoms with Gasteiger partial charge in [0.1, 0.15) is 0 Å². The molecule has 2 aromatic carbocycles. The molecule has 4 nitrogen and oxygen atoms in total. The molecule has 5 heteroatoms. The van der Waals surface area contributed by atoms with E-state index in [1.54, 1.807) is 18.0 Å². The first-order valence-electron chi connectivity index (χ1n) is 9.66. The number of thioether (sulfide) groups is 1. The van der Waals surface area contributed by atoms with E-state index in [0.29, 0.717) is 5.75 Å². The van der Waals surface area contributed by atoms with Gasteiger partial charge in [-0.15, -0.1) is 11.8 Å². The predicted octanol–water partition coefficient (Wildman–Crippen LogP) is 5.09. The average Bonchev–Trinajstić information content (AvgIpc) is 2.96. The number of nitrogens with one attached hydrogen (secondary N) is 1. The van der Waals surface area contributed by atoms with Crippen LogP contribution in [0.5, 0.6) is 0 Å². The summed E-state index contributed by atoms with van der Waals surface area (Å²) < 4.78 is 2.23. The van der Waals surface area contributed by atoms with E-state index >= 15 is 0 Å². The number of hydrazone groups is 1. The lowest BCUT2D eigenvalue weighted by atomic mass is 10.1. The van der Waals surface area contributed by atoms with Gasteiger partial charge in [0.2, 0.25) is 5.91 Å². The van der Waals surface area contributed by atoms with Gasteiger partial charge in [-0.3, -0.25) is 4.79 Å². The minimum atomic E-state index is -0.0923. The third kappa shape index (κ3) is 5.39. The molecule has 0 aliphatic heterocycles. The fraction of sp³-hybridized carbons (Fsp3) is 0.250. The summed E-state index contributed by atoms with van der Waals surface area (Å²) in [4.78, 5) is 12.0. The van der Waals surface area contributed by atoms with Gasteiger partial charge in [0.15, 0.2) is 0 Å². The Hall–Kier alpha value is -2.79. The zero-order valence-electron chi connectivity index (χ0n) is 17.4. The van der Waals surface area contributed by atoms with Crippen molar-refractivity contribution in [1.29, 1.82) is 0 Å². The van der Waals surface area contributed by atoms with E-state index in [1.165, 1.54) is 22.4 Å². The number of hydrogen-bond acceptors (Lipinski definition) is 3. The summed E-state index contributed by atoms with van der Waals surface area (Å²) in [7, 11) is 0. The fourth-order valence-corrected chi connectivity index (χ4v) is 4.17. The molecule has 0 saturated carbocycles. The first-order valence-corrected chi connectivity index (χ1v) is 10.8. The molecule has 3 rings (SSSR count). The summed E-state index contributed by atoms with van der Waals surface area (Å²) >= 11 is 1.58. The summed E-state index contributed by atoms with van der Waals surface area (Å²) in [5.41, 5.74) is 10.8. The Morgan fingerprint density at radius 3 is 2.55 bits per heavy atom. The molecule has 1 heterocycles. The van der Waals surface area contributed by atoms with Crippen molar-refractivity contribution in [3.05, 3.63) is 88.2 Å². The number of aromatic nitrogens is 1. The quantitative estimate of drug-likeness (QED) is 0.439. The highest BCUT2D eigenvalue weighted by molar-refractivity contribution is 7.99. The monoisotopic (exact) mass is 405 g/mol. The van der Waals surface area contributed by atoms with Gasteiger partial charge >= 0.3 is 0 Å². The van der Waals surface area contributed by atoms with E-state index in [2.05, 4.69) is 79.2 Å². The van der Waals surface area contributed by atoms with Crippen LogP contribution in [0.2, 0.25) is 0 Å². The molecule has 0 radical (unpaired) electrons. The summed E-state index contributed by atoms with van der Waals surface area (Å²) in [5.74, 6) is 1.11. The van der Waals surface area contributed by atoms with Crippen molar-refractivity contribution in [2.75, 3.05) is 5.75 Å². The van der Waals surface area contributed by atoms with Gasteiger partial charge in [0.25, 0.3) is 0 Å². The molecule has 1 N–H and O–H groups in total. The molecule has 150 valence electrons. The number of aryl methyl sites for hydroxylation is 3. The minimum Gasteiger partial charge on any atom is -0.318 e. The van der Waals surface area contributed by atoms with Crippen LogP contribution in [0.4, 0.5) is 0 Å². The van der Waals surface area contributed by atoms with Gasteiger partial charge < -0.3 is 4.57 Å². The van der Waals surface area contributed by atoms with Crippen molar-refractivity contribution in [2.24, 2.45) is 5.10 Å². The Bertz CT molecular complexity index is 1020. The summed E-state index contributed by atoms with van der Waals surface area (Å²) in [6, 6.07) is 18.7. The summed E-state index contributed by atoms with van der Waals surface area (Å²) in [5, 5.41) is 4.16. The van der Waals surface area contributed by atoms with Gasteiger partial charge in [-0.25, -0.2) is 5.43 Å². The predicted molar refractivity (Wildman–Crippen MR) is 123 cm³/mol. The van der Waals surface area contributed by atoms with E-state index in [1.807, 2.05) is 18.2 Å². The van der Waals surface area contributed by atoms with Crippen LogP contribution >= 0.6 is 11.8 Å². The molecule has 0 atom stereocenters. The standard InChI is InChI=1S/C24H27N3OS/c1-17-10-11-23(18(2)12-17)27-19(3)13-22(20(27)4)14-25-26-24(28)16-29-15-21-8-6-5-7-9-21/h5-14H,15-16H2,1-4H3,(H,26,28)/b25-14-. The highest BCUT2D eigenvalue weighted by atomic mass is 32.2. The van der Waals surface area contributed by atoms with Crippen LogP contribution in [0.1, 0.15) is 33.6 Å². The zero-order valence-corrected chi connectivity index (χ0v) is 18.2. The van der Waals surface area contributed by atoms with Crippen LogP contribution in [-0.2, 0) is 10.5 Å². The number of carbonyl (C=O) groups excluding carboxylic acids is 1. The summed E-state index contributed by atoms with van der Waals surface area (Å²) in [6.07, 6.45) is 1.72. The van der Waals surface area contributed by atoms with Crippen LogP contribution in [0, 0.1) is 27.7 Å². The molecule has 0 aliphatic carbocycles. The Morgan fingerprint density at radius 2 is 1.83 bits per heavy atom. The Balaban J connectivity index is 1.60. The van der Waals surface area contributed by atoms with Crippen molar-refractivity contribution >= 4 is 23.9 Å². The smallest absolute Gasteiger partial charge is 0.250 e. The molecular weight excluding hydrogens is 378 g/mol. The van der Waals surface area contributed by atoms with Gasteiger partial charge in [-0.1, -0.05) is 48.0 Å². The molecule has 0 unspecified atom stereocenters. The normalized spacial score (nSPS) is 11.2. The molecular formula is C24H27N3OS. The van der Waals surface area contributed by atoms with Gasteiger partial charge in [0.05, 0.1) is 12.0 Å². The molecule has 1 aromatic heterocycles. The molecule has 0 saturated heterocycles. The topological polar surface area (TPSA) is 46.4 Å². The maximum atomic E-state index is 12.0. The summed E-state index contributed by atoms with van der Waals surface area (Å²) in [6.45, 7) is 8.39. The van der Waals surface area contributed by atoms with Gasteiger partial charge in [-0.2, -0.15) is 5.10 Å². The minimum absolute atomic E-state index is 0.0923. The molecule has 0 fully saturated rings. The van der Waals surface area contributed by atoms with Crippen LogP contribution in [-0.4, -0.2) is 22.4 Å².